The van der Waals surface area contributed by atoms with Crippen molar-refractivity contribution in [2.45, 2.75) is 24.4 Å². The Morgan fingerprint density at radius 2 is 2.00 bits per heavy atom. The van der Waals surface area contributed by atoms with E-state index in [1.165, 1.54) is 18.3 Å². The molecule has 0 aliphatic carbocycles. The summed E-state index contributed by atoms with van der Waals surface area (Å²) >= 11 is 0. The molecule has 2 aliphatic heterocycles. The highest BCUT2D eigenvalue weighted by atomic mass is 19.2. The normalized spacial score (nSPS) is 30.7. The van der Waals surface area contributed by atoms with Gasteiger partial charge in [-0.05, 0) is 12.1 Å². The van der Waals surface area contributed by atoms with E-state index in [-0.39, 0.29) is 24.3 Å². The Hall–Kier alpha value is -1.83. The average molecular weight is 308 g/mol. The summed E-state index contributed by atoms with van der Waals surface area (Å²) in [7, 11) is 0. The highest BCUT2D eigenvalue weighted by molar-refractivity contribution is 5.57. The van der Waals surface area contributed by atoms with Crippen molar-refractivity contribution in [1.29, 1.82) is 0 Å². The molecule has 2 aromatic rings. The maximum Gasteiger partial charge on any atom is 0.169 e. The molecule has 116 valence electrons. The fourth-order valence-corrected chi connectivity index (χ4v) is 3.16. The molecule has 0 bridgehead atoms. The quantitative estimate of drug-likeness (QED) is 0.914. The predicted molar refractivity (Wildman–Crippen MR) is 72.1 cm³/mol. The second kappa shape index (κ2) is 5.12. The topological polar surface area (TPSA) is 56.5 Å². The summed E-state index contributed by atoms with van der Waals surface area (Å²) in [5.74, 6) is -1.53. The molecule has 0 saturated carbocycles. The first-order valence-electron chi connectivity index (χ1n) is 7.05. The molecule has 2 fully saturated rings. The largest absolute Gasteiger partial charge is 0.388 e. The fraction of sp³-hybridized carbons (Fsp3) is 0.400. The summed E-state index contributed by atoms with van der Waals surface area (Å²) in [6, 6.07) is 3.75. The lowest BCUT2D eigenvalue weighted by molar-refractivity contribution is 0.0172. The van der Waals surface area contributed by atoms with E-state index >= 15 is 0 Å². The first-order chi connectivity index (χ1) is 10.7. The van der Waals surface area contributed by atoms with Crippen LogP contribution in [0.25, 0.3) is 11.4 Å². The van der Waals surface area contributed by atoms with Crippen molar-refractivity contribution in [2.75, 3.05) is 13.2 Å². The number of benzene rings is 1. The predicted octanol–water partition coefficient (Wildman–Crippen LogP) is 1.53. The van der Waals surface area contributed by atoms with E-state index in [4.69, 9.17) is 9.47 Å². The maximum atomic E-state index is 14.0. The fourth-order valence-electron chi connectivity index (χ4n) is 3.16. The van der Waals surface area contributed by atoms with E-state index in [2.05, 4.69) is 4.98 Å². The summed E-state index contributed by atoms with van der Waals surface area (Å²) in [6.07, 6.45) is 1.84. The van der Waals surface area contributed by atoms with Crippen molar-refractivity contribution in [3.8, 4) is 11.4 Å². The third-order valence-electron chi connectivity index (χ3n) is 4.22. The summed E-state index contributed by atoms with van der Waals surface area (Å²) in [4.78, 5) is 4.15. The minimum atomic E-state index is -0.933. The molecule has 5 nitrogen and oxygen atoms in total. The smallest absolute Gasteiger partial charge is 0.169 e. The van der Waals surface area contributed by atoms with Crippen LogP contribution in [0, 0.1) is 11.6 Å². The van der Waals surface area contributed by atoms with Gasteiger partial charge in [0.1, 0.15) is 24.1 Å². The number of aromatic nitrogens is 2. The van der Waals surface area contributed by atoms with Crippen molar-refractivity contribution in [2.24, 2.45) is 0 Å². The third-order valence-corrected chi connectivity index (χ3v) is 4.22. The molecule has 2 aliphatic rings. The van der Waals surface area contributed by atoms with Gasteiger partial charge in [-0.15, -0.1) is 0 Å². The Labute approximate surface area is 125 Å². The zero-order valence-corrected chi connectivity index (χ0v) is 11.5. The van der Waals surface area contributed by atoms with Gasteiger partial charge in [-0.25, -0.2) is 13.8 Å². The number of hydrogen-bond donors (Lipinski definition) is 1. The van der Waals surface area contributed by atoms with Crippen LogP contribution in [0.1, 0.15) is 6.04 Å². The lowest BCUT2D eigenvalue weighted by atomic mass is 10.1. The van der Waals surface area contributed by atoms with E-state index in [1.807, 2.05) is 0 Å². The van der Waals surface area contributed by atoms with Gasteiger partial charge in [-0.3, -0.25) is 0 Å². The van der Waals surface area contributed by atoms with Crippen LogP contribution in [-0.4, -0.2) is 46.2 Å². The van der Waals surface area contributed by atoms with Crippen LogP contribution in [0.15, 0.2) is 30.6 Å². The number of ether oxygens (including phenoxy) is 2. The van der Waals surface area contributed by atoms with Crippen LogP contribution in [-0.2, 0) is 9.47 Å². The molecule has 1 aromatic carbocycles. The van der Waals surface area contributed by atoms with Gasteiger partial charge in [-0.1, -0.05) is 6.07 Å². The van der Waals surface area contributed by atoms with Crippen LogP contribution >= 0.6 is 0 Å². The number of fused-ring (bicyclic) bond motifs is 1. The molecular weight excluding hydrogens is 294 g/mol. The summed E-state index contributed by atoms with van der Waals surface area (Å²) < 4.78 is 40.4. The van der Waals surface area contributed by atoms with Crippen molar-refractivity contribution in [1.82, 2.24) is 9.55 Å². The van der Waals surface area contributed by atoms with E-state index in [9.17, 15) is 13.9 Å². The van der Waals surface area contributed by atoms with Crippen LogP contribution < -0.4 is 0 Å². The molecule has 1 aromatic heterocycles. The number of halogens is 2. The van der Waals surface area contributed by atoms with E-state index < -0.39 is 23.8 Å². The summed E-state index contributed by atoms with van der Waals surface area (Å²) in [5.41, 5.74) is 0.0898. The molecule has 22 heavy (non-hydrogen) atoms. The Morgan fingerprint density at radius 1 is 1.18 bits per heavy atom. The lowest BCUT2D eigenvalue weighted by Crippen LogP contribution is -2.30. The van der Waals surface area contributed by atoms with Crippen LogP contribution in [0.5, 0.6) is 0 Å². The van der Waals surface area contributed by atoms with Gasteiger partial charge in [0.15, 0.2) is 11.6 Å². The first-order valence-corrected chi connectivity index (χ1v) is 7.05. The zero-order chi connectivity index (χ0) is 15.3. The number of rotatable bonds is 2. The van der Waals surface area contributed by atoms with Gasteiger partial charge in [0.05, 0.1) is 24.8 Å². The van der Waals surface area contributed by atoms with E-state index in [0.717, 1.165) is 6.07 Å². The van der Waals surface area contributed by atoms with Gasteiger partial charge in [0.25, 0.3) is 0 Å². The number of imidazole rings is 1. The molecule has 2 saturated heterocycles. The summed E-state index contributed by atoms with van der Waals surface area (Å²) in [6.45, 7) is 0.539. The van der Waals surface area contributed by atoms with Gasteiger partial charge in [0, 0.05) is 12.4 Å². The molecule has 4 atom stereocenters. The minimum absolute atomic E-state index is 0.0898. The Kier molecular flexibility index (Phi) is 3.21. The molecule has 0 radical (unpaired) electrons. The van der Waals surface area contributed by atoms with Gasteiger partial charge in [-0.2, -0.15) is 0 Å². The SMILES string of the molecule is O[C@@H]1CO[C@H]2[C@@H]1OC[C@H]2n1ccnc1-c1cccc(F)c1F. The van der Waals surface area contributed by atoms with Gasteiger partial charge >= 0.3 is 0 Å². The van der Waals surface area contributed by atoms with Crippen molar-refractivity contribution < 1.29 is 23.4 Å². The maximum absolute atomic E-state index is 14.0. The lowest BCUT2D eigenvalue weighted by Gasteiger charge is -2.19. The molecule has 1 N–H and O–H groups in total. The van der Waals surface area contributed by atoms with Crippen molar-refractivity contribution in [3.05, 3.63) is 42.2 Å². The molecule has 7 heteroatoms. The van der Waals surface area contributed by atoms with Crippen molar-refractivity contribution >= 4 is 0 Å². The highest BCUT2D eigenvalue weighted by Gasteiger charge is 2.48. The second-order valence-corrected chi connectivity index (χ2v) is 5.49. The molecule has 4 rings (SSSR count). The molecule has 3 heterocycles. The number of nitrogens with zero attached hydrogens (tertiary/aromatic N) is 2. The third kappa shape index (κ3) is 1.97. The molecule has 0 amide bonds. The molecule has 0 unspecified atom stereocenters. The van der Waals surface area contributed by atoms with E-state index in [0.29, 0.717) is 12.4 Å². The Balaban J connectivity index is 1.73. The Morgan fingerprint density at radius 3 is 2.86 bits per heavy atom. The standard InChI is InChI=1S/C15H14F2N2O3/c16-9-3-1-2-8(12(9)17)15-18-4-5-19(15)10-6-21-14-11(20)7-22-13(10)14/h1-5,10-11,13-14,20H,6-7H2/t10-,11-,13-,14-/m1/s1. The summed E-state index contributed by atoms with van der Waals surface area (Å²) in [5, 5.41) is 9.80. The Bertz CT molecular complexity index is 706. The van der Waals surface area contributed by atoms with Crippen LogP contribution in [0.3, 0.4) is 0 Å². The van der Waals surface area contributed by atoms with Crippen LogP contribution in [0.2, 0.25) is 0 Å². The average Bonchev–Trinajstić information content (AvgIpc) is 3.19. The van der Waals surface area contributed by atoms with Crippen molar-refractivity contribution in [3.63, 3.8) is 0 Å². The zero-order valence-electron chi connectivity index (χ0n) is 11.5. The molecular formula is C15H14F2N2O3. The monoisotopic (exact) mass is 308 g/mol. The minimum Gasteiger partial charge on any atom is -0.388 e. The van der Waals surface area contributed by atoms with E-state index in [1.54, 1.807) is 10.8 Å². The number of aliphatic hydroxyl groups excluding tert-OH is 1. The first kappa shape index (κ1) is 13.8. The highest BCUT2D eigenvalue weighted by Crippen LogP contribution is 2.36. The molecule has 0 spiro atoms. The van der Waals surface area contributed by atoms with Crippen LogP contribution in [0.4, 0.5) is 8.78 Å². The second-order valence-electron chi connectivity index (χ2n) is 5.49. The number of hydrogen-bond acceptors (Lipinski definition) is 4. The van der Waals surface area contributed by atoms with Gasteiger partial charge in [0.2, 0.25) is 0 Å². The van der Waals surface area contributed by atoms with Gasteiger partial charge < -0.3 is 19.1 Å². The number of aliphatic hydroxyl groups is 1.